The molecule has 0 aromatic carbocycles. The summed E-state index contributed by atoms with van der Waals surface area (Å²) >= 11 is 0. The van der Waals surface area contributed by atoms with Gasteiger partial charge in [0.25, 0.3) is 0 Å². The summed E-state index contributed by atoms with van der Waals surface area (Å²) < 4.78 is 11.3. The molecule has 1 spiro atoms. The van der Waals surface area contributed by atoms with Crippen molar-refractivity contribution in [1.82, 2.24) is 4.90 Å². The lowest BCUT2D eigenvalue weighted by molar-refractivity contribution is -0.262. The van der Waals surface area contributed by atoms with Gasteiger partial charge in [0.05, 0.1) is 36.8 Å². The molecule has 6 nitrogen and oxygen atoms in total. The molecule has 3 unspecified atom stereocenters. The Morgan fingerprint density at radius 2 is 1.87 bits per heavy atom. The summed E-state index contributed by atoms with van der Waals surface area (Å²) in [4.78, 5) is 29.8. The Morgan fingerprint density at radius 3 is 2.67 bits per heavy atom. The molecule has 0 aromatic rings. The van der Waals surface area contributed by atoms with Crippen LogP contribution in [0.5, 0.6) is 0 Å². The number of hydrogen-bond donors (Lipinski definition) is 1. The second kappa shape index (κ2) is 6.52. The second-order valence-corrected chi connectivity index (χ2v) is 11.4. The standard InChI is InChI=1S/C24H35NO5/c1-22-4-2-5-23(21(28)30-14-22)17(22)12-19(26)24-6-3-15(11-18(23)24)16(20(24)27)13-25-7-9-29-10-8-25/h15-19,26H,2-14H2,1H3/t15-,16-,17?,18?,19-,22+,23+,24?/m1/s1. The van der Waals surface area contributed by atoms with Crippen LogP contribution in [0.1, 0.15) is 51.9 Å². The smallest absolute Gasteiger partial charge is 0.312 e. The van der Waals surface area contributed by atoms with E-state index in [-0.39, 0.29) is 34.9 Å². The third-order valence-electron chi connectivity index (χ3n) is 10.4. The van der Waals surface area contributed by atoms with Crippen LogP contribution in [0.3, 0.4) is 0 Å². The van der Waals surface area contributed by atoms with Crippen LogP contribution in [-0.4, -0.2) is 67.3 Å². The van der Waals surface area contributed by atoms with Gasteiger partial charge in [-0.25, -0.2) is 0 Å². The Morgan fingerprint density at radius 1 is 1.07 bits per heavy atom. The number of ether oxygens (including phenoxy) is 2. The fourth-order valence-electron chi connectivity index (χ4n) is 9.00. The van der Waals surface area contributed by atoms with E-state index in [1.807, 2.05) is 0 Å². The van der Waals surface area contributed by atoms with E-state index in [1.54, 1.807) is 0 Å². The molecule has 2 aliphatic heterocycles. The minimum absolute atomic E-state index is 0.00900. The Balaban J connectivity index is 1.38. The number of ketones is 1. The van der Waals surface area contributed by atoms with Crippen molar-refractivity contribution in [2.24, 2.45) is 39.9 Å². The summed E-state index contributed by atoms with van der Waals surface area (Å²) in [6.45, 7) is 6.73. The summed E-state index contributed by atoms with van der Waals surface area (Å²) in [5.41, 5.74) is -1.35. The van der Waals surface area contributed by atoms with E-state index in [4.69, 9.17) is 9.47 Å². The first-order valence-electron chi connectivity index (χ1n) is 12.1. The Labute approximate surface area is 178 Å². The summed E-state index contributed by atoms with van der Waals surface area (Å²) in [5.74, 6) is 0.619. The molecule has 7 rings (SSSR count). The third kappa shape index (κ3) is 2.31. The number of hydrogen-bond acceptors (Lipinski definition) is 6. The molecular formula is C24H35NO5. The number of cyclic esters (lactones) is 1. The summed E-state index contributed by atoms with van der Waals surface area (Å²) in [7, 11) is 0. The van der Waals surface area contributed by atoms with Gasteiger partial charge in [-0.3, -0.25) is 14.5 Å². The number of rotatable bonds is 2. The Bertz CT molecular complexity index is 765. The maximum atomic E-state index is 14.1. The molecule has 8 atom stereocenters. The highest BCUT2D eigenvalue weighted by atomic mass is 16.5. The molecule has 0 radical (unpaired) electrons. The molecule has 2 heterocycles. The third-order valence-corrected chi connectivity index (χ3v) is 10.4. The number of Topliss-reactive ketones (excluding diaryl/α,β-unsaturated/α-hetero) is 1. The Kier molecular flexibility index (Phi) is 4.28. The highest BCUT2D eigenvalue weighted by Crippen LogP contribution is 2.72. The van der Waals surface area contributed by atoms with Gasteiger partial charge in [0.1, 0.15) is 5.78 Å². The van der Waals surface area contributed by atoms with Crippen molar-refractivity contribution in [3.05, 3.63) is 0 Å². The van der Waals surface area contributed by atoms with Crippen LogP contribution in [-0.2, 0) is 19.1 Å². The average molecular weight is 418 g/mol. The monoisotopic (exact) mass is 417 g/mol. The summed E-state index contributed by atoms with van der Waals surface area (Å²) in [6.07, 6.45) is 5.53. The van der Waals surface area contributed by atoms with Crippen LogP contribution in [0.25, 0.3) is 0 Å². The van der Waals surface area contributed by atoms with Crippen LogP contribution >= 0.6 is 0 Å². The predicted molar refractivity (Wildman–Crippen MR) is 108 cm³/mol. The summed E-state index contributed by atoms with van der Waals surface area (Å²) in [5, 5.41) is 11.6. The SMILES string of the molecule is C[C@]12CCC[C@@]3(C(=O)OC1)C1C[C@H]4CCC1(C(=O)[C@@H]4CN1CCOCC1)[C@H](O)CC23. The van der Waals surface area contributed by atoms with Gasteiger partial charge >= 0.3 is 5.97 Å². The van der Waals surface area contributed by atoms with Gasteiger partial charge in [0.2, 0.25) is 0 Å². The number of nitrogens with zero attached hydrogens (tertiary/aromatic N) is 1. The lowest BCUT2D eigenvalue weighted by atomic mass is 9.34. The molecule has 0 amide bonds. The van der Waals surface area contributed by atoms with Crippen LogP contribution in [0, 0.1) is 39.9 Å². The van der Waals surface area contributed by atoms with Crippen molar-refractivity contribution in [3.8, 4) is 0 Å². The van der Waals surface area contributed by atoms with Crippen molar-refractivity contribution >= 4 is 11.8 Å². The molecule has 166 valence electrons. The number of aliphatic hydroxyl groups excluding tert-OH is 1. The average Bonchev–Trinajstić information content (AvgIpc) is 2.75. The van der Waals surface area contributed by atoms with Crippen LogP contribution in [0.15, 0.2) is 0 Å². The number of esters is 1. The fourth-order valence-corrected chi connectivity index (χ4v) is 9.00. The molecule has 1 N–H and O–H groups in total. The zero-order valence-corrected chi connectivity index (χ0v) is 18.1. The molecule has 2 saturated heterocycles. The molecular weight excluding hydrogens is 382 g/mol. The van der Waals surface area contributed by atoms with E-state index < -0.39 is 16.9 Å². The number of carbonyl (C=O) groups excluding carboxylic acids is 2. The van der Waals surface area contributed by atoms with E-state index in [2.05, 4.69) is 11.8 Å². The minimum atomic E-state index is -0.739. The minimum Gasteiger partial charge on any atom is -0.465 e. The van der Waals surface area contributed by atoms with Gasteiger partial charge in [-0.2, -0.15) is 0 Å². The largest absolute Gasteiger partial charge is 0.465 e. The second-order valence-electron chi connectivity index (χ2n) is 11.4. The molecule has 6 heteroatoms. The van der Waals surface area contributed by atoms with Gasteiger partial charge in [-0.1, -0.05) is 13.3 Å². The van der Waals surface area contributed by atoms with Crippen molar-refractivity contribution in [2.45, 2.75) is 58.0 Å². The van der Waals surface area contributed by atoms with Crippen molar-refractivity contribution in [3.63, 3.8) is 0 Å². The first-order valence-corrected chi connectivity index (χ1v) is 12.1. The lowest BCUT2D eigenvalue weighted by Crippen LogP contribution is -2.74. The zero-order valence-electron chi connectivity index (χ0n) is 18.1. The van der Waals surface area contributed by atoms with Gasteiger partial charge in [0.15, 0.2) is 0 Å². The maximum Gasteiger partial charge on any atom is 0.312 e. The first kappa shape index (κ1) is 19.7. The van der Waals surface area contributed by atoms with Crippen molar-refractivity contribution < 1.29 is 24.2 Å². The number of aliphatic hydroxyl groups is 1. The highest BCUT2D eigenvalue weighted by Gasteiger charge is 2.76. The molecule has 5 saturated carbocycles. The molecule has 7 fully saturated rings. The molecule has 0 aromatic heterocycles. The van der Waals surface area contributed by atoms with Gasteiger partial charge in [0, 0.05) is 31.0 Å². The zero-order chi connectivity index (χ0) is 20.7. The van der Waals surface area contributed by atoms with E-state index in [0.717, 1.165) is 71.4 Å². The van der Waals surface area contributed by atoms with E-state index in [9.17, 15) is 14.7 Å². The molecule has 4 bridgehead atoms. The number of carbonyl (C=O) groups is 2. The first-order chi connectivity index (χ1) is 14.4. The van der Waals surface area contributed by atoms with E-state index >= 15 is 0 Å². The Hall–Kier alpha value is -0.980. The van der Waals surface area contributed by atoms with Crippen LogP contribution < -0.4 is 0 Å². The lowest BCUT2D eigenvalue weighted by Gasteiger charge is -2.70. The summed E-state index contributed by atoms with van der Waals surface area (Å²) in [6, 6.07) is 0. The van der Waals surface area contributed by atoms with Gasteiger partial charge < -0.3 is 14.6 Å². The van der Waals surface area contributed by atoms with Gasteiger partial charge in [-0.15, -0.1) is 0 Å². The molecule has 5 aliphatic carbocycles. The predicted octanol–water partition coefficient (Wildman–Crippen LogP) is 2.03. The molecule has 30 heavy (non-hydrogen) atoms. The van der Waals surface area contributed by atoms with Gasteiger partial charge in [-0.05, 0) is 56.3 Å². The maximum absolute atomic E-state index is 14.1. The van der Waals surface area contributed by atoms with Crippen LogP contribution in [0.2, 0.25) is 0 Å². The van der Waals surface area contributed by atoms with Crippen molar-refractivity contribution in [2.75, 3.05) is 39.5 Å². The number of fused-ring (bicyclic) bond motifs is 2. The number of morpholine rings is 1. The van der Waals surface area contributed by atoms with Crippen LogP contribution in [0.4, 0.5) is 0 Å². The highest BCUT2D eigenvalue weighted by molar-refractivity contribution is 5.92. The molecule has 7 aliphatic rings. The van der Waals surface area contributed by atoms with E-state index in [1.165, 1.54) is 0 Å². The topological polar surface area (TPSA) is 76.1 Å². The fraction of sp³-hybridized carbons (Fsp3) is 0.917. The normalized spacial score (nSPS) is 53.1. The van der Waals surface area contributed by atoms with E-state index in [0.29, 0.717) is 18.9 Å². The van der Waals surface area contributed by atoms with Crippen molar-refractivity contribution in [1.29, 1.82) is 0 Å². The quantitative estimate of drug-likeness (QED) is 0.693.